The molecule has 0 radical (unpaired) electrons. The van der Waals surface area contributed by atoms with Gasteiger partial charge in [-0.15, -0.1) is 0 Å². The third-order valence-electron chi connectivity index (χ3n) is 1.07. The number of allylic oxidation sites excluding steroid dienone is 1. The molecular formula is C7H11NO2. The lowest BCUT2D eigenvalue weighted by Gasteiger charge is -2.01. The average molecular weight is 141 g/mol. The number of carbonyl (C=O) groups is 1. The summed E-state index contributed by atoms with van der Waals surface area (Å²) in [4.78, 5) is 10.8. The molecule has 2 N–H and O–H groups in total. The minimum atomic E-state index is -0.324. The molecule has 0 unspecified atom stereocenters. The van der Waals surface area contributed by atoms with E-state index in [1.165, 1.54) is 13.1 Å². The normalized spacial score (nSPS) is 10.8. The van der Waals surface area contributed by atoms with Crippen molar-refractivity contribution in [3.05, 3.63) is 24.0 Å². The minimum Gasteiger partial charge on any atom is -0.508 e. The summed E-state index contributed by atoms with van der Waals surface area (Å²) < 4.78 is 0. The van der Waals surface area contributed by atoms with Crippen molar-refractivity contribution in [3.63, 3.8) is 0 Å². The van der Waals surface area contributed by atoms with E-state index in [0.717, 1.165) is 0 Å². The Bertz CT molecular complexity index is 182. The molecule has 0 aliphatic heterocycles. The fraction of sp³-hybridized carbons (Fsp3) is 0.286. The smallest absolute Gasteiger partial charge is 0.254 e. The van der Waals surface area contributed by atoms with Gasteiger partial charge in [-0.25, -0.2) is 0 Å². The quantitative estimate of drug-likeness (QED) is 0.338. The summed E-state index contributed by atoms with van der Waals surface area (Å²) in [6, 6.07) is 0. The van der Waals surface area contributed by atoms with Crippen LogP contribution >= 0.6 is 0 Å². The third kappa shape index (κ3) is 1.93. The number of likely N-dealkylation sites (N-methyl/N-ethyl adjacent to an activating group) is 1. The fourth-order valence-corrected chi connectivity index (χ4v) is 0.563. The molecule has 0 bridgehead atoms. The lowest BCUT2D eigenvalue weighted by atomic mass is 10.2. The van der Waals surface area contributed by atoms with Gasteiger partial charge in [0.2, 0.25) is 0 Å². The Kier molecular flexibility index (Phi) is 3.25. The summed E-state index contributed by atoms with van der Waals surface area (Å²) >= 11 is 0. The number of rotatable bonds is 2. The van der Waals surface area contributed by atoms with Gasteiger partial charge in [0.15, 0.2) is 0 Å². The molecule has 0 spiro atoms. The van der Waals surface area contributed by atoms with E-state index in [9.17, 15) is 4.79 Å². The molecule has 3 nitrogen and oxygen atoms in total. The Labute approximate surface area is 60.1 Å². The molecule has 0 aromatic carbocycles. The van der Waals surface area contributed by atoms with E-state index in [1.807, 2.05) is 0 Å². The van der Waals surface area contributed by atoms with Gasteiger partial charge in [-0.2, -0.15) is 0 Å². The molecular weight excluding hydrogens is 130 g/mol. The van der Waals surface area contributed by atoms with Gasteiger partial charge < -0.3 is 10.4 Å². The zero-order valence-electron chi connectivity index (χ0n) is 6.14. The maximum atomic E-state index is 10.8. The molecule has 56 valence electrons. The van der Waals surface area contributed by atoms with Crippen LogP contribution in [0.25, 0.3) is 0 Å². The molecule has 0 fully saturated rings. The summed E-state index contributed by atoms with van der Waals surface area (Å²) in [6.07, 6.45) is 1.50. The second-order valence-electron chi connectivity index (χ2n) is 1.73. The highest BCUT2D eigenvalue weighted by atomic mass is 16.3. The molecule has 0 aliphatic rings. The van der Waals surface area contributed by atoms with Gasteiger partial charge in [0.1, 0.15) is 5.76 Å². The second kappa shape index (κ2) is 3.71. The van der Waals surface area contributed by atoms with Crippen molar-refractivity contribution in [3.8, 4) is 0 Å². The highest BCUT2D eigenvalue weighted by Gasteiger charge is 2.07. The summed E-state index contributed by atoms with van der Waals surface area (Å²) in [5.74, 6) is -0.531. The van der Waals surface area contributed by atoms with Crippen LogP contribution in [0, 0.1) is 0 Å². The first-order valence-corrected chi connectivity index (χ1v) is 2.90. The number of hydrogen-bond donors (Lipinski definition) is 2. The maximum absolute atomic E-state index is 10.8. The molecule has 0 saturated heterocycles. The highest BCUT2D eigenvalue weighted by molar-refractivity contribution is 5.96. The predicted molar refractivity (Wildman–Crippen MR) is 39.6 cm³/mol. The van der Waals surface area contributed by atoms with Gasteiger partial charge >= 0.3 is 0 Å². The van der Waals surface area contributed by atoms with Crippen molar-refractivity contribution in [1.29, 1.82) is 0 Å². The molecule has 0 aliphatic carbocycles. The number of carbonyl (C=O) groups excluding carboxylic acids is 1. The van der Waals surface area contributed by atoms with Crippen LogP contribution < -0.4 is 5.32 Å². The van der Waals surface area contributed by atoms with Crippen LogP contribution in [0.5, 0.6) is 0 Å². The van der Waals surface area contributed by atoms with Crippen molar-refractivity contribution in [2.24, 2.45) is 0 Å². The van der Waals surface area contributed by atoms with E-state index in [0.29, 0.717) is 0 Å². The Morgan fingerprint density at radius 3 is 2.30 bits per heavy atom. The first kappa shape index (κ1) is 8.75. The van der Waals surface area contributed by atoms with Crippen LogP contribution in [-0.2, 0) is 4.79 Å². The molecule has 0 saturated carbocycles. The summed E-state index contributed by atoms with van der Waals surface area (Å²) in [5, 5.41) is 11.2. The number of aliphatic hydroxyl groups is 1. The number of hydrogen-bond acceptors (Lipinski definition) is 2. The molecule has 0 heterocycles. The van der Waals surface area contributed by atoms with Gasteiger partial charge in [-0.3, -0.25) is 4.79 Å². The zero-order valence-corrected chi connectivity index (χ0v) is 6.14. The van der Waals surface area contributed by atoms with E-state index in [-0.39, 0.29) is 17.2 Å². The second-order valence-corrected chi connectivity index (χ2v) is 1.73. The first-order chi connectivity index (χ1) is 4.63. The van der Waals surface area contributed by atoms with E-state index < -0.39 is 0 Å². The Hall–Kier alpha value is -1.25. The average Bonchev–Trinajstić information content (AvgIpc) is 1.88. The molecule has 0 atom stereocenters. The number of nitrogens with one attached hydrogen (secondary N) is 1. The largest absolute Gasteiger partial charge is 0.508 e. The number of amides is 1. The fourth-order valence-electron chi connectivity index (χ4n) is 0.563. The van der Waals surface area contributed by atoms with Crippen LogP contribution in [-0.4, -0.2) is 18.1 Å². The SMILES string of the molecule is C=C(O)/C(=C\C)C(=O)NC. The highest BCUT2D eigenvalue weighted by Crippen LogP contribution is 2.02. The lowest BCUT2D eigenvalue weighted by molar-refractivity contribution is -0.117. The molecule has 0 rings (SSSR count). The predicted octanol–water partition coefficient (Wildman–Crippen LogP) is 0.750. The number of aliphatic hydroxyl groups excluding tert-OH is 1. The monoisotopic (exact) mass is 141 g/mol. The topological polar surface area (TPSA) is 49.3 Å². The minimum absolute atomic E-state index is 0.207. The summed E-state index contributed by atoms with van der Waals surface area (Å²) in [6.45, 7) is 4.88. The van der Waals surface area contributed by atoms with Crippen LogP contribution in [0.4, 0.5) is 0 Å². The molecule has 10 heavy (non-hydrogen) atoms. The van der Waals surface area contributed by atoms with Crippen LogP contribution in [0.15, 0.2) is 24.0 Å². The molecule has 0 aromatic rings. The Balaban J connectivity index is 4.39. The van der Waals surface area contributed by atoms with Gasteiger partial charge in [0.05, 0.1) is 5.57 Å². The van der Waals surface area contributed by atoms with E-state index in [2.05, 4.69) is 11.9 Å². The van der Waals surface area contributed by atoms with Crippen molar-refractivity contribution in [2.45, 2.75) is 6.92 Å². The van der Waals surface area contributed by atoms with Crippen LogP contribution in [0.1, 0.15) is 6.92 Å². The Morgan fingerprint density at radius 2 is 2.20 bits per heavy atom. The van der Waals surface area contributed by atoms with Crippen LogP contribution in [0.2, 0.25) is 0 Å². The van der Waals surface area contributed by atoms with Crippen molar-refractivity contribution < 1.29 is 9.90 Å². The third-order valence-corrected chi connectivity index (χ3v) is 1.07. The standard InChI is InChI=1S/C7H11NO2/c1-4-6(5(2)9)7(10)8-3/h4,9H,2H2,1,3H3,(H,8,10)/b6-4+. The molecule has 3 heteroatoms. The maximum Gasteiger partial charge on any atom is 0.254 e. The van der Waals surface area contributed by atoms with Crippen molar-refractivity contribution in [1.82, 2.24) is 5.32 Å². The van der Waals surface area contributed by atoms with E-state index in [4.69, 9.17) is 5.11 Å². The van der Waals surface area contributed by atoms with Crippen LogP contribution in [0.3, 0.4) is 0 Å². The van der Waals surface area contributed by atoms with E-state index in [1.54, 1.807) is 6.92 Å². The van der Waals surface area contributed by atoms with Crippen molar-refractivity contribution in [2.75, 3.05) is 7.05 Å². The first-order valence-electron chi connectivity index (χ1n) is 2.90. The van der Waals surface area contributed by atoms with Gasteiger partial charge in [-0.05, 0) is 6.92 Å². The van der Waals surface area contributed by atoms with Gasteiger partial charge in [-0.1, -0.05) is 12.7 Å². The lowest BCUT2D eigenvalue weighted by Crippen LogP contribution is -2.20. The van der Waals surface area contributed by atoms with Gasteiger partial charge in [0.25, 0.3) is 5.91 Å². The summed E-state index contributed by atoms with van der Waals surface area (Å²) in [7, 11) is 1.49. The van der Waals surface area contributed by atoms with Gasteiger partial charge in [0, 0.05) is 7.05 Å². The molecule has 0 aromatic heterocycles. The zero-order chi connectivity index (χ0) is 8.15. The van der Waals surface area contributed by atoms with Crippen molar-refractivity contribution >= 4 is 5.91 Å². The molecule has 1 amide bonds. The van der Waals surface area contributed by atoms with E-state index >= 15 is 0 Å². The Morgan fingerprint density at radius 1 is 1.70 bits per heavy atom. The summed E-state index contributed by atoms with van der Waals surface area (Å²) in [5.41, 5.74) is 0.211.